The standard InChI is InChI=1S/C21H21N3O3S/c1-13-5-6-17-18(7-13)28-21(23-17)24-11-16(9-19(24)26)20(27)22-10-14-3-2-4-15(8-14)12-25/h2-8,16,25H,9-12H2,1H3,(H,22,27). The van der Waals surface area contributed by atoms with E-state index >= 15 is 0 Å². The van der Waals surface area contributed by atoms with Crippen LogP contribution >= 0.6 is 11.3 Å². The van der Waals surface area contributed by atoms with Crippen LogP contribution < -0.4 is 10.2 Å². The highest BCUT2D eigenvalue weighted by molar-refractivity contribution is 7.22. The van der Waals surface area contributed by atoms with Crippen LogP contribution in [-0.4, -0.2) is 28.4 Å². The molecule has 2 N–H and O–H groups in total. The van der Waals surface area contributed by atoms with Crippen molar-refractivity contribution >= 4 is 38.5 Å². The number of amides is 2. The van der Waals surface area contributed by atoms with Crippen molar-refractivity contribution in [3.63, 3.8) is 0 Å². The van der Waals surface area contributed by atoms with Gasteiger partial charge in [0.2, 0.25) is 11.8 Å². The van der Waals surface area contributed by atoms with E-state index in [1.165, 1.54) is 11.3 Å². The molecular weight excluding hydrogens is 374 g/mol. The van der Waals surface area contributed by atoms with Gasteiger partial charge in [-0.2, -0.15) is 0 Å². The number of aryl methyl sites for hydroxylation is 1. The molecule has 0 bridgehead atoms. The molecule has 4 rings (SSSR count). The molecular formula is C21H21N3O3S. The summed E-state index contributed by atoms with van der Waals surface area (Å²) in [6.45, 7) is 2.71. The number of hydrogen-bond donors (Lipinski definition) is 2. The first-order chi connectivity index (χ1) is 13.5. The third kappa shape index (κ3) is 3.76. The smallest absolute Gasteiger partial charge is 0.229 e. The Bertz CT molecular complexity index is 1050. The zero-order valence-electron chi connectivity index (χ0n) is 15.5. The SMILES string of the molecule is Cc1ccc2nc(N3CC(C(=O)NCc4cccc(CO)c4)CC3=O)sc2c1. The lowest BCUT2D eigenvalue weighted by Gasteiger charge is -2.13. The summed E-state index contributed by atoms with van der Waals surface area (Å²) in [7, 11) is 0. The molecule has 1 saturated heterocycles. The summed E-state index contributed by atoms with van der Waals surface area (Å²) in [6.07, 6.45) is 0.192. The summed E-state index contributed by atoms with van der Waals surface area (Å²) in [4.78, 5) is 31.2. The summed E-state index contributed by atoms with van der Waals surface area (Å²) in [5, 5.41) is 12.8. The van der Waals surface area contributed by atoms with Crippen molar-refractivity contribution in [2.75, 3.05) is 11.4 Å². The van der Waals surface area contributed by atoms with Crippen molar-refractivity contribution in [1.82, 2.24) is 10.3 Å². The Morgan fingerprint density at radius 1 is 1.29 bits per heavy atom. The minimum Gasteiger partial charge on any atom is -0.392 e. The maximum absolute atomic E-state index is 12.6. The van der Waals surface area contributed by atoms with Gasteiger partial charge < -0.3 is 10.4 Å². The van der Waals surface area contributed by atoms with E-state index in [1.54, 1.807) is 4.90 Å². The molecule has 1 aromatic heterocycles. The molecule has 0 saturated carbocycles. The fourth-order valence-corrected chi connectivity index (χ4v) is 4.47. The van der Waals surface area contributed by atoms with Gasteiger partial charge in [-0.15, -0.1) is 0 Å². The second kappa shape index (κ2) is 7.69. The highest BCUT2D eigenvalue weighted by atomic mass is 32.1. The molecule has 28 heavy (non-hydrogen) atoms. The van der Waals surface area contributed by atoms with E-state index in [2.05, 4.69) is 16.4 Å². The van der Waals surface area contributed by atoms with Crippen LogP contribution in [0.3, 0.4) is 0 Å². The molecule has 3 aromatic rings. The van der Waals surface area contributed by atoms with Crippen LogP contribution in [-0.2, 0) is 22.7 Å². The molecule has 1 aliphatic rings. The highest BCUT2D eigenvalue weighted by Crippen LogP contribution is 2.33. The number of aromatic nitrogens is 1. The molecule has 1 atom stereocenters. The van der Waals surface area contributed by atoms with Gasteiger partial charge in [-0.05, 0) is 35.7 Å². The Morgan fingerprint density at radius 2 is 2.11 bits per heavy atom. The third-order valence-electron chi connectivity index (χ3n) is 4.90. The molecule has 7 heteroatoms. The average Bonchev–Trinajstić information content (AvgIpc) is 3.29. The first-order valence-electron chi connectivity index (χ1n) is 9.17. The van der Waals surface area contributed by atoms with E-state index in [1.807, 2.05) is 43.3 Å². The molecule has 6 nitrogen and oxygen atoms in total. The number of hydrogen-bond acceptors (Lipinski definition) is 5. The van der Waals surface area contributed by atoms with Gasteiger partial charge in [0.15, 0.2) is 5.13 Å². The molecule has 1 unspecified atom stereocenters. The first-order valence-corrected chi connectivity index (χ1v) is 9.99. The molecule has 144 valence electrons. The first kappa shape index (κ1) is 18.6. The van der Waals surface area contributed by atoms with E-state index in [9.17, 15) is 14.7 Å². The predicted octanol–water partition coefficient (Wildman–Crippen LogP) is 2.77. The van der Waals surface area contributed by atoms with Gasteiger partial charge in [0.1, 0.15) is 0 Å². The van der Waals surface area contributed by atoms with E-state index in [0.29, 0.717) is 18.2 Å². The number of fused-ring (bicyclic) bond motifs is 1. The number of benzene rings is 2. The molecule has 0 radical (unpaired) electrons. The van der Waals surface area contributed by atoms with Crippen LogP contribution in [0.15, 0.2) is 42.5 Å². The molecule has 2 aromatic carbocycles. The van der Waals surface area contributed by atoms with Gasteiger partial charge in [0, 0.05) is 19.5 Å². The van der Waals surface area contributed by atoms with Crippen molar-refractivity contribution in [2.45, 2.75) is 26.5 Å². The van der Waals surface area contributed by atoms with Crippen molar-refractivity contribution in [3.8, 4) is 0 Å². The molecule has 0 aliphatic carbocycles. The Labute approximate surface area is 166 Å². The molecule has 2 heterocycles. The fourth-order valence-electron chi connectivity index (χ4n) is 3.37. The Hall–Kier alpha value is -2.77. The van der Waals surface area contributed by atoms with Crippen molar-refractivity contribution in [1.29, 1.82) is 0 Å². The Balaban J connectivity index is 1.42. The van der Waals surface area contributed by atoms with Gasteiger partial charge in [0.25, 0.3) is 0 Å². The molecule has 1 fully saturated rings. The monoisotopic (exact) mass is 395 g/mol. The number of rotatable bonds is 5. The van der Waals surface area contributed by atoms with Gasteiger partial charge >= 0.3 is 0 Å². The summed E-state index contributed by atoms with van der Waals surface area (Å²) in [5.41, 5.74) is 3.75. The number of aliphatic hydroxyl groups excluding tert-OH is 1. The third-order valence-corrected chi connectivity index (χ3v) is 5.94. The quantitative estimate of drug-likeness (QED) is 0.696. The van der Waals surface area contributed by atoms with E-state index in [4.69, 9.17) is 0 Å². The highest BCUT2D eigenvalue weighted by Gasteiger charge is 2.36. The van der Waals surface area contributed by atoms with Crippen LogP contribution in [0.4, 0.5) is 5.13 Å². The van der Waals surface area contributed by atoms with Crippen molar-refractivity contribution in [3.05, 3.63) is 59.2 Å². The number of nitrogens with one attached hydrogen (secondary N) is 1. The number of carbonyl (C=O) groups is 2. The summed E-state index contributed by atoms with van der Waals surface area (Å²) in [5.74, 6) is -0.595. The lowest BCUT2D eigenvalue weighted by Crippen LogP contribution is -2.32. The van der Waals surface area contributed by atoms with Crippen LogP contribution in [0.25, 0.3) is 10.2 Å². The van der Waals surface area contributed by atoms with Crippen LogP contribution in [0.2, 0.25) is 0 Å². The topological polar surface area (TPSA) is 82.5 Å². The van der Waals surface area contributed by atoms with Gasteiger partial charge in [-0.25, -0.2) is 4.98 Å². The van der Waals surface area contributed by atoms with Gasteiger partial charge in [-0.1, -0.05) is 41.7 Å². The summed E-state index contributed by atoms with van der Waals surface area (Å²) < 4.78 is 1.04. The minimum absolute atomic E-state index is 0.0322. The maximum atomic E-state index is 12.6. The lowest BCUT2D eigenvalue weighted by atomic mass is 10.1. The number of nitrogens with zero attached hydrogens (tertiary/aromatic N) is 2. The van der Waals surface area contributed by atoms with Crippen LogP contribution in [0.5, 0.6) is 0 Å². The molecule has 2 amide bonds. The Morgan fingerprint density at radius 3 is 2.93 bits per heavy atom. The second-order valence-electron chi connectivity index (χ2n) is 7.07. The fraction of sp³-hybridized carbons (Fsp3) is 0.286. The second-order valence-corrected chi connectivity index (χ2v) is 8.08. The normalized spacial score (nSPS) is 16.7. The number of carbonyl (C=O) groups excluding carboxylic acids is 2. The average molecular weight is 395 g/mol. The van der Waals surface area contributed by atoms with E-state index in [-0.39, 0.29) is 30.8 Å². The van der Waals surface area contributed by atoms with E-state index in [0.717, 1.165) is 26.9 Å². The maximum Gasteiger partial charge on any atom is 0.229 e. The zero-order valence-corrected chi connectivity index (χ0v) is 16.3. The lowest BCUT2D eigenvalue weighted by molar-refractivity contribution is -0.126. The Kier molecular flexibility index (Phi) is 5.11. The summed E-state index contributed by atoms with van der Waals surface area (Å²) >= 11 is 1.48. The van der Waals surface area contributed by atoms with E-state index < -0.39 is 0 Å². The number of anilines is 1. The zero-order chi connectivity index (χ0) is 19.7. The van der Waals surface area contributed by atoms with Crippen molar-refractivity contribution < 1.29 is 14.7 Å². The molecule has 1 aliphatic heterocycles. The minimum atomic E-state index is -0.387. The predicted molar refractivity (Wildman–Crippen MR) is 109 cm³/mol. The number of thiazole rings is 1. The van der Waals surface area contributed by atoms with Crippen molar-refractivity contribution in [2.24, 2.45) is 5.92 Å². The van der Waals surface area contributed by atoms with Gasteiger partial charge in [-0.3, -0.25) is 14.5 Å². The summed E-state index contributed by atoms with van der Waals surface area (Å²) in [6, 6.07) is 13.4. The number of aliphatic hydroxyl groups is 1. The van der Waals surface area contributed by atoms with Gasteiger partial charge in [0.05, 0.1) is 22.7 Å². The molecule has 0 spiro atoms. The van der Waals surface area contributed by atoms with Crippen LogP contribution in [0.1, 0.15) is 23.1 Å². The largest absolute Gasteiger partial charge is 0.392 e. The van der Waals surface area contributed by atoms with Crippen LogP contribution in [0, 0.1) is 12.8 Å².